The Morgan fingerprint density at radius 1 is 1.08 bits per heavy atom. The lowest BCUT2D eigenvalue weighted by Crippen LogP contribution is -2.46. The molecule has 138 valence electrons. The number of hydrogen-bond acceptors (Lipinski definition) is 3. The molecule has 0 radical (unpaired) electrons. The molecule has 1 saturated carbocycles. The van der Waals surface area contributed by atoms with Crippen LogP contribution in [0, 0.1) is 11.3 Å². The van der Waals surface area contributed by atoms with Crippen molar-refractivity contribution in [3.05, 3.63) is 0 Å². The van der Waals surface area contributed by atoms with Crippen LogP contribution in [0.1, 0.15) is 64.2 Å². The van der Waals surface area contributed by atoms with Gasteiger partial charge in [0, 0.05) is 32.2 Å². The lowest BCUT2D eigenvalue weighted by molar-refractivity contribution is -0.131. The summed E-state index contributed by atoms with van der Waals surface area (Å²) < 4.78 is 5.06. The average molecular weight is 337 g/mol. The molecule has 1 spiro atoms. The minimum Gasteiger partial charge on any atom is -0.384 e. The van der Waals surface area contributed by atoms with E-state index in [9.17, 15) is 4.79 Å². The van der Waals surface area contributed by atoms with E-state index < -0.39 is 0 Å². The van der Waals surface area contributed by atoms with E-state index in [0.717, 1.165) is 19.0 Å². The molecule has 1 atom stereocenters. The topological polar surface area (TPSA) is 32.8 Å². The van der Waals surface area contributed by atoms with Crippen LogP contribution in [-0.2, 0) is 9.53 Å². The lowest BCUT2D eigenvalue weighted by atomic mass is 9.79. The second kappa shape index (κ2) is 8.66. The van der Waals surface area contributed by atoms with Crippen LogP contribution < -0.4 is 0 Å². The summed E-state index contributed by atoms with van der Waals surface area (Å²) in [4.78, 5) is 17.1. The zero-order valence-electron chi connectivity index (χ0n) is 15.6. The third-order valence-corrected chi connectivity index (χ3v) is 6.63. The number of rotatable bonds is 6. The number of nitrogens with zero attached hydrogens (tertiary/aromatic N) is 2. The Bertz CT molecular complexity index is 408. The summed E-state index contributed by atoms with van der Waals surface area (Å²) in [5.74, 6) is 1.26. The van der Waals surface area contributed by atoms with Crippen molar-refractivity contribution in [1.82, 2.24) is 9.80 Å². The maximum Gasteiger partial charge on any atom is 0.224 e. The van der Waals surface area contributed by atoms with E-state index in [0.29, 0.717) is 18.4 Å². The highest BCUT2D eigenvalue weighted by atomic mass is 16.5. The van der Waals surface area contributed by atoms with Gasteiger partial charge in [0.25, 0.3) is 0 Å². The number of methoxy groups -OCH3 is 1. The standard InChI is InChI=1S/C20H36N2O2/c1-24-15-9-19(23)22-14-11-20(17-22)10-5-12-21(16-20)13-8-18-6-3-2-4-7-18/h18H,2-17H2,1H3. The summed E-state index contributed by atoms with van der Waals surface area (Å²) in [5, 5.41) is 0. The normalized spacial score (nSPS) is 29.5. The van der Waals surface area contributed by atoms with Gasteiger partial charge in [0.15, 0.2) is 0 Å². The first-order valence-electron chi connectivity index (χ1n) is 10.2. The third kappa shape index (κ3) is 4.72. The summed E-state index contributed by atoms with van der Waals surface area (Å²) in [6.07, 6.45) is 13.0. The molecule has 3 aliphatic rings. The molecule has 0 aromatic rings. The SMILES string of the molecule is COCCC(=O)N1CCC2(CCCN(CCC3CCCCC3)C2)C1. The van der Waals surface area contributed by atoms with Crippen LogP contribution in [0.4, 0.5) is 0 Å². The van der Waals surface area contributed by atoms with E-state index in [1.807, 2.05) is 0 Å². The highest BCUT2D eigenvalue weighted by Gasteiger charge is 2.42. The molecule has 3 rings (SSSR count). The van der Waals surface area contributed by atoms with Crippen LogP contribution in [0.5, 0.6) is 0 Å². The van der Waals surface area contributed by atoms with Crippen LogP contribution in [0.3, 0.4) is 0 Å². The monoisotopic (exact) mass is 336 g/mol. The highest BCUT2D eigenvalue weighted by molar-refractivity contribution is 5.76. The number of carbonyl (C=O) groups is 1. The van der Waals surface area contributed by atoms with Gasteiger partial charge in [-0.3, -0.25) is 4.79 Å². The van der Waals surface area contributed by atoms with Crippen LogP contribution in [0.2, 0.25) is 0 Å². The molecular weight excluding hydrogens is 300 g/mol. The molecule has 2 aliphatic heterocycles. The third-order valence-electron chi connectivity index (χ3n) is 6.63. The van der Waals surface area contributed by atoms with Gasteiger partial charge in [0.05, 0.1) is 13.0 Å². The molecule has 0 bridgehead atoms. The van der Waals surface area contributed by atoms with Crippen molar-refractivity contribution in [2.75, 3.05) is 46.4 Å². The first-order valence-corrected chi connectivity index (χ1v) is 10.2. The maximum atomic E-state index is 12.3. The Kier molecular flexibility index (Phi) is 6.56. The Morgan fingerprint density at radius 2 is 1.92 bits per heavy atom. The van der Waals surface area contributed by atoms with Crippen LogP contribution >= 0.6 is 0 Å². The van der Waals surface area contributed by atoms with E-state index in [1.54, 1.807) is 7.11 Å². The molecule has 4 nitrogen and oxygen atoms in total. The summed E-state index contributed by atoms with van der Waals surface area (Å²) in [6, 6.07) is 0. The zero-order chi connectivity index (χ0) is 16.8. The van der Waals surface area contributed by atoms with Crippen LogP contribution in [0.25, 0.3) is 0 Å². The fourth-order valence-electron chi connectivity index (χ4n) is 5.17. The Labute approximate surface area is 147 Å². The van der Waals surface area contributed by atoms with Gasteiger partial charge < -0.3 is 14.5 Å². The minimum atomic E-state index is 0.285. The largest absolute Gasteiger partial charge is 0.384 e. The first kappa shape index (κ1) is 18.2. The summed E-state index contributed by atoms with van der Waals surface area (Å²) in [7, 11) is 1.67. The minimum absolute atomic E-state index is 0.285. The second-order valence-corrected chi connectivity index (χ2v) is 8.48. The fourth-order valence-corrected chi connectivity index (χ4v) is 5.17. The molecule has 3 fully saturated rings. The van der Waals surface area contributed by atoms with E-state index in [4.69, 9.17) is 4.74 Å². The van der Waals surface area contributed by atoms with Gasteiger partial charge >= 0.3 is 0 Å². The van der Waals surface area contributed by atoms with Crippen molar-refractivity contribution in [2.24, 2.45) is 11.3 Å². The van der Waals surface area contributed by atoms with Gasteiger partial charge in [-0.05, 0) is 44.7 Å². The second-order valence-electron chi connectivity index (χ2n) is 8.48. The molecule has 24 heavy (non-hydrogen) atoms. The van der Waals surface area contributed by atoms with Gasteiger partial charge in [0.1, 0.15) is 0 Å². The highest BCUT2D eigenvalue weighted by Crippen LogP contribution is 2.39. The summed E-state index contributed by atoms with van der Waals surface area (Å²) in [5.41, 5.74) is 0.382. The number of hydrogen-bond donors (Lipinski definition) is 0. The Hall–Kier alpha value is -0.610. The molecule has 0 N–H and O–H groups in total. The molecule has 0 aromatic carbocycles. The zero-order valence-corrected chi connectivity index (χ0v) is 15.6. The van der Waals surface area contributed by atoms with Crippen molar-refractivity contribution < 1.29 is 9.53 Å². The number of piperidine rings is 1. The molecule has 2 saturated heterocycles. The van der Waals surface area contributed by atoms with Crippen molar-refractivity contribution in [3.8, 4) is 0 Å². The number of amides is 1. The van der Waals surface area contributed by atoms with Gasteiger partial charge in [0.2, 0.25) is 5.91 Å². The van der Waals surface area contributed by atoms with Crippen molar-refractivity contribution in [1.29, 1.82) is 0 Å². The van der Waals surface area contributed by atoms with Gasteiger partial charge in [-0.15, -0.1) is 0 Å². The van der Waals surface area contributed by atoms with Crippen LogP contribution in [0.15, 0.2) is 0 Å². The maximum absolute atomic E-state index is 12.3. The van der Waals surface area contributed by atoms with Crippen molar-refractivity contribution in [2.45, 2.75) is 64.2 Å². The van der Waals surface area contributed by atoms with E-state index >= 15 is 0 Å². The van der Waals surface area contributed by atoms with Gasteiger partial charge in [-0.2, -0.15) is 0 Å². The van der Waals surface area contributed by atoms with Crippen molar-refractivity contribution >= 4 is 5.91 Å². The average Bonchev–Trinajstić information content (AvgIpc) is 3.02. The molecule has 1 aliphatic carbocycles. The van der Waals surface area contributed by atoms with E-state index in [1.165, 1.54) is 77.4 Å². The summed E-state index contributed by atoms with van der Waals surface area (Å²) in [6.45, 7) is 6.26. The molecule has 2 heterocycles. The Balaban J connectivity index is 1.45. The predicted molar refractivity (Wildman–Crippen MR) is 97.0 cm³/mol. The van der Waals surface area contributed by atoms with Gasteiger partial charge in [-0.1, -0.05) is 32.1 Å². The molecule has 4 heteroatoms. The molecule has 1 unspecified atom stereocenters. The quantitative estimate of drug-likeness (QED) is 0.746. The molecular formula is C20H36N2O2. The number of carbonyl (C=O) groups excluding carboxylic acids is 1. The van der Waals surface area contributed by atoms with E-state index in [-0.39, 0.29) is 5.91 Å². The molecule has 0 aromatic heterocycles. The summed E-state index contributed by atoms with van der Waals surface area (Å²) >= 11 is 0. The number of ether oxygens (including phenoxy) is 1. The smallest absolute Gasteiger partial charge is 0.224 e. The first-order chi connectivity index (χ1) is 11.7. The van der Waals surface area contributed by atoms with Gasteiger partial charge in [-0.25, -0.2) is 0 Å². The predicted octanol–water partition coefficient (Wildman–Crippen LogP) is 3.31. The Morgan fingerprint density at radius 3 is 2.71 bits per heavy atom. The fraction of sp³-hybridized carbons (Fsp3) is 0.950. The van der Waals surface area contributed by atoms with Crippen LogP contribution in [-0.4, -0.2) is 62.1 Å². The van der Waals surface area contributed by atoms with E-state index in [2.05, 4.69) is 9.80 Å². The lowest BCUT2D eigenvalue weighted by Gasteiger charge is -2.41. The number of likely N-dealkylation sites (tertiary alicyclic amines) is 2. The molecule has 1 amide bonds. The van der Waals surface area contributed by atoms with Crippen molar-refractivity contribution in [3.63, 3.8) is 0 Å².